The van der Waals surface area contributed by atoms with Crippen molar-refractivity contribution in [3.05, 3.63) is 42.2 Å². The number of nitrogens with two attached hydrogens (primary N) is 1. The number of likely N-dealkylation sites (tertiary alicyclic amines) is 1. The lowest BCUT2D eigenvalue weighted by Crippen LogP contribution is -2.25. The maximum absolute atomic E-state index is 11.9. The number of amides is 1. The molecule has 1 aliphatic heterocycles. The van der Waals surface area contributed by atoms with Gasteiger partial charge in [0.15, 0.2) is 0 Å². The number of rotatable bonds is 3. The molecule has 2 aromatic rings. The van der Waals surface area contributed by atoms with Crippen LogP contribution >= 0.6 is 0 Å². The Morgan fingerprint density at radius 1 is 1.32 bits per heavy atom. The fourth-order valence-corrected chi connectivity index (χ4v) is 2.68. The Bertz CT molecular complexity index is 606. The van der Waals surface area contributed by atoms with Crippen molar-refractivity contribution in [2.75, 3.05) is 13.1 Å². The van der Waals surface area contributed by atoms with Gasteiger partial charge in [-0.1, -0.05) is 24.3 Å². The fourth-order valence-electron chi connectivity index (χ4n) is 2.68. The molecular formula is C15H17N3O. The zero-order chi connectivity index (χ0) is 13.2. The maximum Gasteiger partial charge on any atom is 0.223 e. The van der Waals surface area contributed by atoms with Gasteiger partial charge in [0.05, 0.1) is 0 Å². The Hall–Kier alpha value is -1.94. The van der Waals surface area contributed by atoms with Gasteiger partial charge in [-0.25, -0.2) is 0 Å². The van der Waals surface area contributed by atoms with Crippen LogP contribution in [0.3, 0.4) is 0 Å². The third-order valence-electron chi connectivity index (χ3n) is 3.74. The summed E-state index contributed by atoms with van der Waals surface area (Å²) in [4.78, 5) is 18.1. The Morgan fingerprint density at radius 3 is 2.95 bits per heavy atom. The predicted octanol–water partition coefficient (Wildman–Crippen LogP) is 1.54. The van der Waals surface area contributed by atoms with E-state index in [-0.39, 0.29) is 5.91 Å². The molecule has 19 heavy (non-hydrogen) atoms. The number of fused-ring (bicyclic) bond motifs is 1. The van der Waals surface area contributed by atoms with Crippen LogP contribution in [0.5, 0.6) is 0 Å². The predicted molar refractivity (Wildman–Crippen MR) is 74.3 cm³/mol. The second-order valence-electron chi connectivity index (χ2n) is 5.10. The van der Waals surface area contributed by atoms with Gasteiger partial charge in [0, 0.05) is 37.3 Å². The summed E-state index contributed by atoms with van der Waals surface area (Å²) in [7, 11) is 0. The highest BCUT2D eigenvalue weighted by Crippen LogP contribution is 2.23. The molecule has 1 aromatic carbocycles. The number of benzene rings is 1. The van der Waals surface area contributed by atoms with E-state index in [1.807, 2.05) is 35.5 Å². The van der Waals surface area contributed by atoms with Gasteiger partial charge in [-0.2, -0.15) is 0 Å². The number of carbonyl (C=O) groups excluding carboxylic acids is 1. The molecule has 1 saturated heterocycles. The van der Waals surface area contributed by atoms with Crippen LogP contribution in [0, 0.1) is 5.92 Å². The maximum atomic E-state index is 11.9. The molecule has 0 spiro atoms. The van der Waals surface area contributed by atoms with E-state index in [0.29, 0.717) is 25.4 Å². The lowest BCUT2D eigenvalue weighted by atomic mass is 10.1. The van der Waals surface area contributed by atoms with E-state index >= 15 is 0 Å². The average Bonchev–Trinajstić information content (AvgIpc) is 2.80. The van der Waals surface area contributed by atoms with E-state index in [1.165, 1.54) is 5.39 Å². The first-order valence-electron chi connectivity index (χ1n) is 6.57. The van der Waals surface area contributed by atoms with E-state index in [9.17, 15) is 4.79 Å². The third-order valence-corrected chi connectivity index (χ3v) is 3.74. The molecule has 1 aromatic heterocycles. The standard InChI is InChI=1S/C15H17N3O/c16-6-11-5-15(19)18(9-11)10-13-8-17-7-12-3-1-2-4-14(12)13/h1-4,7-8,11H,5-6,9-10,16H2. The zero-order valence-electron chi connectivity index (χ0n) is 10.7. The van der Waals surface area contributed by atoms with Gasteiger partial charge < -0.3 is 10.6 Å². The van der Waals surface area contributed by atoms with Crippen LogP contribution in [0.25, 0.3) is 10.8 Å². The van der Waals surface area contributed by atoms with Crippen molar-refractivity contribution in [3.63, 3.8) is 0 Å². The summed E-state index contributed by atoms with van der Waals surface area (Å²) < 4.78 is 0. The lowest BCUT2D eigenvalue weighted by molar-refractivity contribution is -0.128. The number of nitrogens with zero attached hydrogens (tertiary/aromatic N) is 2. The van der Waals surface area contributed by atoms with E-state index in [0.717, 1.165) is 17.5 Å². The molecule has 0 saturated carbocycles. The summed E-state index contributed by atoms with van der Waals surface area (Å²) in [5.41, 5.74) is 6.75. The molecule has 4 nitrogen and oxygen atoms in total. The minimum atomic E-state index is 0.198. The Labute approximate surface area is 112 Å². The first-order chi connectivity index (χ1) is 9.28. The normalized spacial score (nSPS) is 19.3. The van der Waals surface area contributed by atoms with Crippen molar-refractivity contribution in [2.24, 2.45) is 11.7 Å². The first-order valence-corrected chi connectivity index (χ1v) is 6.57. The number of carbonyl (C=O) groups is 1. The second-order valence-corrected chi connectivity index (χ2v) is 5.10. The molecule has 2 N–H and O–H groups in total. The van der Waals surface area contributed by atoms with Gasteiger partial charge in [0.25, 0.3) is 0 Å². The van der Waals surface area contributed by atoms with Crippen molar-refractivity contribution in [2.45, 2.75) is 13.0 Å². The minimum absolute atomic E-state index is 0.198. The van der Waals surface area contributed by atoms with Gasteiger partial charge in [-0.3, -0.25) is 9.78 Å². The molecule has 1 fully saturated rings. The minimum Gasteiger partial charge on any atom is -0.338 e. The van der Waals surface area contributed by atoms with Gasteiger partial charge >= 0.3 is 0 Å². The van der Waals surface area contributed by atoms with Crippen molar-refractivity contribution in [1.29, 1.82) is 0 Å². The number of hydrogen-bond donors (Lipinski definition) is 1. The SMILES string of the molecule is NCC1CC(=O)N(Cc2cncc3ccccc23)C1. The molecule has 1 aliphatic rings. The number of aromatic nitrogens is 1. The summed E-state index contributed by atoms with van der Waals surface area (Å²) in [6.07, 6.45) is 4.29. The third kappa shape index (κ3) is 2.31. The van der Waals surface area contributed by atoms with Crippen LogP contribution in [0.15, 0.2) is 36.7 Å². The largest absolute Gasteiger partial charge is 0.338 e. The van der Waals surface area contributed by atoms with Crippen molar-refractivity contribution in [1.82, 2.24) is 9.88 Å². The van der Waals surface area contributed by atoms with E-state index in [1.54, 1.807) is 0 Å². The summed E-state index contributed by atoms with van der Waals surface area (Å²) in [5.74, 6) is 0.499. The monoisotopic (exact) mass is 255 g/mol. The molecule has 2 heterocycles. The molecule has 4 heteroatoms. The highest BCUT2D eigenvalue weighted by atomic mass is 16.2. The van der Waals surface area contributed by atoms with Crippen LogP contribution in [-0.4, -0.2) is 28.9 Å². The van der Waals surface area contributed by atoms with Gasteiger partial charge in [0.2, 0.25) is 5.91 Å². The molecule has 1 unspecified atom stereocenters. The average molecular weight is 255 g/mol. The van der Waals surface area contributed by atoms with Gasteiger partial charge in [-0.15, -0.1) is 0 Å². The highest BCUT2D eigenvalue weighted by Gasteiger charge is 2.28. The molecule has 1 atom stereocenters. The van der Waals surface area contributed by atoms with Crippen LogP contribution < -0.4 is 5.73 Å². The quantitative estimate of drug-likeness (QED) is 0.905. The highest BCUT2D eigenvalue weighted by molar-refractivity contribution is 5.85. The summed E-state index contributed by atoms with van der Waals surface area (Å²) >= 11 is 0. The fraction of sp³-hybridized carbons (Fsp3) is 0.333. The van der Waals surface area contributed by atoms with Crippen LogP contribution in [0.2, 0.25) is 0 Å². The number of hydrogen-bond acceptors (Lipinski definition) is 3. The Morgan fingerprint density at radius 2 is 2.16 bits per heavy atom. The smallest absolute Gasteiger partial charge is 0.223 e. The van der Waals surface area contributed by atoms with Gasteiger partial charge in [0.1, 0.15) is 0 Å². The van der Waals surface area contributed by atoms with Crippen LogP contribution in [0.1, 0.15) is 12.0 Å². The van der Waals surface area contributed by atoms with E-state index in [2.05, 4.69) is 11.1 Å². The van der Waals surface area contributed by atoms with Crippen LogP contribution in [-0.2, 0) is 11.3 Å². The first kappa shape index (κ1) is 12.1. The number of pyridine rings is 1. The zero-order valence-corrected chi connectivity index (χ0v) is 10.7. The molecule has 1 amide bonds. The molecule has 0 bridgehead atoms. The molecule has 98 valence electrons. The van der Waals surface area contributed by atoms with Gasteiger partial charge in [-0.05, 0) is 23.4 Å². The second kappa shape index (κ2) is 4.97. The topological polar surface area (TPSA) is 59.2 Å². The summed E-state index contributed by atoms with van der Waals surface area (Å²) in [6, 6.07) is 8.13. The molecule has 0 radical (unpaired) electrons. The van der Waals surface area contributed by atoms with E-state index in [4.69, 9.17) is 5.73 Å². The lowest BCUT2D eigenvalue weighted by Gasteiger charge is -2.17. The van der Waals surface area contributed by atoms with Crippen molar-refractivity contribution < 1.29 is 4.79 Å². The molecule has 0 aliphatic carbocycles. The Kier molecular flexibility index (Phi) is 3.17. The molecule has 3 rings (SSSR count). The van der Waals surface area contributed by atoms with Crippen LogP contribution in [0.4, 0.5) is 0 Å². The van der Waals surface area contributed by atoms with Crippen molar-refractivity contribution >= 4 is 16.7 Å². The summed E-state index contributed by atoms with van der Waals surface area (Å²) in [6.45, 7) is 1.97. The van der Waals surface area contributed by atoms with Crippen molar-refractivity contribution in [3.8, 4) is 0 Å². The van der Waals surface area contributed by atoms with E-state index < -0.39 is 0 Å². The Balaban J connectivity index is 1.88. The summed E-state index contributed by atoms with van der Waals surface area (Å²) in [5, 5.41) is 2.28. The molecular weight excluding hydrogens is 238 g/mol.